The minimum Gasteiger partial charge on any atom is -0.384 e. The monoisotopic (exact) mass is 297 g/mol. The molecule has 3 N–H and O–H groups in total. The Balaban J connectivity index is 1.80. The number of ether oxygens (including phenoxy) is 1. The van der Waals surface area contributed by atoms with Gasteiger partial charge in [-0.25, -0.2) is 9.97 Å². The normalized spacial score (nSPS) is 16.2. The number of nitrogens with two attached hydrogens (primary N) is 1. The number of nitrogens with zero attached hydrogens (tertiary/aromatic N) is 3. The number of hydrogen-bond acceptors (Lipinski definition) is 7. The molecule has 0 amide bonds. The van der Waals surface area contributed by atoms with Gasteiger partial charge in [0.25, 0.3) is 0 Å². The summed E-state index contributed by atoms with van der Waals surface area (Å²) in [7, 11) is 0. The molecule has 20 heavy (non-hydrogen) atoms. The van der Waals surface area contributed by atoms with Gasteiger partial charge in [-0.1, -0.05) is 0 Å². The van der Waals surface area contributed by atoms with Crippen molar-refractivity contribution in [3.05, 3.63) is 11.9 Å². The van der Waals surface area contributed by atoms with Crippen molar-refractivity contribution in [1.82, 2.24) is 14.9 Å². The quantitative estimate of drug-likeness (QED) is 0.779. The third-order valence-electron chi connectivity index (χ3n) is 3.07. The molecule has 1 aliphatic rings. The van der Waals surface area contributed by atoms with Crippen molar-refractivity contribution in [3.63, 3.8) is 0 Å². The minimum atomic E-state index is 0.402. The van der Waals surface area contributed by atoms with Crippen LogP contribution in [-0.4, -0.2) is 59.2 Å². The number of rotatable bonds is 7. The Morgan fingerprint density at radius 3 is 2.95 bits per heavy atom. The van der Waals surface area contributed by atoms with Gasteiger partial charge >= 0.3 is 0 Å². The lowest BCUT2D eigenvalue weighted by atomic mass is 10.4. The van der Waals surface area contributed by atoms with Gasteiger partial charge in [0.15, 0.2) is 5.82 Å². The number of nitrogens with one attached hydrogen (secondary N) is 1. The largest absolute Gasteiger partial charge is 0.384 e. The lowest BCUT2D eigenvalue weighted by Crippen LogP contribution is -2.36. The summed E-state index contributed by atoms with van der Waals surface area (Å²) in [4.78, 5) is 11.0. The highest BCUT2D eigenvalue weighted by Crippen LogP contribution is 2.10. The lowest BCUT2D eigenvalue weighted by Gasteiger charge is -2.26. The van der Waals surface area contributed by atoms with Crippen molar-refractivity contribution < 1.29 is 4.74 Å². The number of hydrogen-bond donors (Lipinski definition) is 2. The number of anilines is 2. The molecule has 0 unspecified atom stereocenters. The van der Waals surface area contributed by atoms with Crippen molar-refractivity contribution in [2.45, 2.75) is 13.5 Å². The summed E-state index contributed by atoms with van der Waals surface area (Å²) in [5.41, 5.74) is 5.79. The molecule has 1 aromatic heterocycles. The van der Waals surface area contributed by atoms with Gasteiger partial charge in [0, 0.05) is 50.4 Å². The summed E-state index contributed by atoms with van der Waals surface area (Å²) in [6, 6.07) is 1.77. The molecule has 0 bridgehead atoms. The maximum absolute atomic E-state index is 5.79. The predicted octanol–water partition coefficient (Wildman–Crippen LogP) is 1.06. The summed E-state index contributed by atoms with van der Waals surface area (Å²) in [5.74, 6) is 4.35. The van der Waals surface area contributed by atoms with Gasteiger partial charge in [0.05, 0.1) is 0 Å². The average Bonchev–Trinajstić information content (AvgIpc) is 2.46. The van der Waals surface area contributed by atoms with Crippen LogP contribution in [0.2, 0.25) is 0 Å². The van der Waals surface area contributed by atoms with Gasteiger partial charge in [0.1, 0.15) is 18.2 Å². The van der Waals surface area contributed by atoms with E-state index in [4.69, 9.17) is 10.5 Å². The number of thioether (sulfide) groups is 1. The van der Waals surface area contributed by atoms with E-state index in [1.165, 1.54) is 24.6 Å². The first-order chi connectivity index (χ1) is 9.78. The zero-order valence-electron chi connectivity index (χ0n) is 12.0. The Hall–Kier alpha value is -1.05. The molecule has 112 valence electrons. The maximum Gasteiger partial charge on any atom is 0.158 e. The van der Waals surface area contributed by atoms with E-state index in [2.05, 4.69) is 20.2 Å². The molecule has 0 spiro atoms. The zero-order valence-corrected chi connectivity index (χ0v) is 12.8. The molecule has 6 nitrogen and oxygen atoms in total. The summed E-state index contributed by atoms with van der Waals surface area (Å²) in [6.45, 7) is 7.25. The molecule has 2 heterocycles. The summed E-state index contributed by atoms with van der Waals surface area (Å²) >= 11 is 2.03. The smallest absolute Gasteiger partial charge is 0.158 e. The SMILES string of the molecule is CCOCc1nc(N)cc(NCCN2CCSCC2)n1. The fraction of sp³-hybridized carbons (Fsp3) is 0.692. The second kappa shape index (κ2) is 8.28. The van der Waals surface area contributed by atoms with Gasteiger partial charge in [-0.05, 0) is 6.92 Å². The maximum atomic E-state index is 5.79. The Labute approximate surface area is 124 Å². The fourth-order valence-corrected chi connectivity index (χ4v) is 3.01. The highest BCUT2D eigenvalue weighted by Gasteiger charge is 2.09. The van der Waals surface area contributed by atoms with E-state index in [1.807, 2.05) is 18.7 Å². The molecule has 0 saturated carbocycles. The first-order valence-corrected chi connectivity index (χ1v) is 8.18. The Bertz CT molecular complexity index is 412. The third kappa shape index (κ3) is 5.15. The second-order valence-corrected chi connectivity index (χ2v) is 5.84. The van der Waals surface area contributed by atoms with Crippen LogP contribution in [0.5, 0.6) is 0 Å². The van der Waals surface area contributed by atoms with Crippen molar-refractivity contribution in [3.8, 4) is 0 Å². The molecule has 0 atom stereocenters. The molecule has 2 rings (SSSR count). The van der Waals surface area contributed by atoms with Crippen molar-refractivity contribution in [1.29, 1.82) is 0 Å². The van der Waals surface area contributed by atoms with E-state index >= 15 is 0 Å². The zero-order chi connectivity index (χ0) is 14.2. The third-order valence-corrected chi connectivity index (χ3v) is 4.01. The Morgan fingerprint density at radius 1 is 1.40 bits per heavy atom. The van der Waals surface area contributed by atoms with Crippen LogP contribution in [-0.2, 0) is 11.3 Å². The second-order valence-electron chi connectivity index (χ2n) is 4.61. The van der Waals surface area contributed by atoms with Gasteiger partial charge in [-0.3, -0.25) is 4.90 Å². The van der Waals surface area contributed by atoms with Crippen LogP contribution < -0.4 is 11.1 Å². The molecule has 1 aliphatic heterocycles. The van der Waals surface area contributed by atoms with Crippen LogP contribution >= 0.6 is 11.8 Å². The Morgan fingerprint density at radius 2 is 2.20 bits per heavy atom. The molecule has 0 aliphatic carbocycles. The van der Waals surface area contributed by atoms with E-state index < -0.39 is 0 Å². The highest BCUT2D eigenvalue weighted by atomic mass is 32.2. The van der Waals surface area contributed by atoms with Crippen LogP contribution in [0, 0.1) is 0 Å². The van der Waals surface area contributed by atoms with Crippen LogP contribution in [0.4, 0.5) is 11.6 Å². The molecule has 7 heteroatoms. The van der Waals surface area contributed by atoms with E-state index in [-0.39, 0.29) is 0 Å². The molecular formula is C13H23N5OS. The molecular weight excluding hydrogens is 274 g/mol. The first-order valence-electron chi connectivity index (χ1n) is 7.03. The van der Waals surface area contributed by atoms with Gasteiger partial charge in [-0.2, -0.15) is 11.8 Å². The summed E-state index contributed by atoms with van der Waals surface area (Å²) < 4.78 is 5.31. The van der Waals surface area contributed by atoms with Crippen LogP contribution in [0.1, 0.15) is 12.7 Å². The van der Waals surface area contributed by atoms with E-state index in [0.29, 0.717) is 24.9 Å². The van der Waals surface area contributed by atoms with Gasteiger partial charge in [-0.15, -0.1) is 0 Å². The fourth-order valence-electron chi connectivity index (χ4n) is 2.03. The van der Waals surface area contributed by atoms with Crippen LogP contribution in [0.3, 0.4) is 0 Å². The minimum absolute atomic E-state index is 0.402. The first kappa shape index (κ1) is 15.3. The highest BCUT2D eigenvalue weighted by molar-refractivity contribution is 7.99. The predicted molar refractivity (Wildman–Crippen MR) is 84.0 cm³/mol. The van der Waals surface area contributed by atoms with Crippen LogP contribution in [0.15, 0.2) is 6.07 Å². The standard InChI is InChI=1S/C13H23N5OS/c1-2-19-10-13-16-11(14)9-12(17-13)15-3-4-18-5-7-20-8-6-18/h9H,2-8,10H2,1H3,(H3,14,15,16,17). The van der Waals surface area contributed by atoms with E-state index in [1.54, 1.807) is 6.07 Å². The van der Waals surface area contributed by atoms with Gasteiger partial charge in [0.2, 0.25) is 0 Å². The van der Waals surface area contributed by atoms with E-state index in [9.17, 15) is 0 Å². The van der Waals surface area contributed by atoms with Crippen LogP contribution in [0.25, 0.3) is 0 Å². The summed E-state index contributed by atoms with van der Waals surface area (Å²) in [6.07, 6.45) is 0. The van der Waals surface area contributed by atoms with Crippen molar-refractivity contribution in [2.75, 3.05) is 55.3 Å². The van der Waals surface area contributed by atoms with Gasteiger partial charge < -0.3 is 15.8 Å². The number of nitrogen functional groups attached to an aromatic ring is 1. The molecule has 1 fully saturated rings. The lowest BCUT2D eigenvalue weighted by molar-refractivity contribution is 0.128. The average molecular weight is 297 g/mol. The van der Waals surface area contributed by atoms with E-state index in [0.717, 1.165) is 18.9 Å². The van der Waals surface area contributed by atoms with Crippen molar-refractivity contribution >= 4 is 23.4 Å². The molecule has 1 saturated heterocycles. The number of aromatic nitrogens is 2. The molecule has 1 aromatic rings. The molecule has 0 radical (unpaired) electrons. The topological polar surface area (TPSA) is 76.3 Å². The van der Waals surface area contributed by atoms with Crippen molar-refractivity contribution in [2.24, 2.45) is 0 Å². The molecule has 0 aromatic carbocycles. The Kier molecular flexibility index (Phi) is 6.35. The summed E-state index contributed by atoms with van der Waals surface area (Å²) in [5, 5.41) is 3.31.